The number of nitrogens with zero attached hydrogens (tertiary/aromatic N) is 2. The van der Waals surface area contributed by atoms with E-state index in [4.69, 9.17) is 0 Å². The summed E-state index contributed by atoms with van der Waals surface area (Å²) in [6.07, 6.45) is 0. The van der Waals surface area contributed by atoms with Crippen molar-refractivity contribution < 1.29 is 19.2 Å². The first-order chi connectivity index (χ1) is 12.2. The third-order valence-electron chi connectivity index (χ3n) is 4.87. The summed E-state index contributed by atoms with van der Waals surface area (Å²) >= 11 is 6.52. The first-order valence-corrected chi connectivity index (χ1v) is 10.1. The number of likely N-dealkylation sites (tertiary alicyclic amines) is 2. The standard InChI is InChI=1S/C18H18Br2N2O4/c1-9-13(19)17(25)21(15(9)23)7-11-4-3-5-12(6-11)8-22-16(24)10(2)14(20)18(22)26/h3-6,9-10,13-14H,7-8H2,1-2H3. The molecule has 0 bridgehead atoms. The zero-order chi connectivity index (χ0) is 19.2. The zero-order valence-corrected chi connectivity index (χ0v) is 17.5. The molecule has 0 aliphatic carbocycles. The van der Waals surface area contributed by atoms with Crippen molar-refractivity contribution in [2.45, 2.75) is 36.6 Å². The Morgan fingerprint density at radius 3 is 1.46 bits per heavy atom. The summed E-state index contributed by atoms with van der Waals surface area (Å²) in [6, 6.07) is 7.25. The van der Waals surface area contributed by atoms with E-state index in [-0.39, 0.29) is 48.6 Å². The van der Waals surface area contributed by atoms with E-state index in [2.05, 4.69) is 31.9 Å². The van der Waals surface area contributed by atoms with Crippen LogP contribution in [-0.4, -0.2) is 43.1 Å². The fourth-order valence-electron chi connectivity index (χ4n) is 3.19. The van der Waals surface area contributed by atoms with Crippen LogP contribution in [0.1, 0.15) is 25.0 Å². The maximum atomic E-state index is 12.2. The first kappa shape index (κ1) is 19.2. The molecule has 1 aromatic rings. The monoisotopic (exact) mass is 484 g/mol. The number of imide groups is 2. The molecule has 4 atom stereocenters. The van der Waals surface area contributed by atoms with E-state index < -0.39 is 9.65 Å². The predicted molar refractivity (Wildman–Crippen MR) is 101 cm³/mol. The first-order valence-electron chi connectivity index (χ1n) is 8.28. The molecule has 3 rings (SSSR count). The van der Waals surface area contributed by atoms with Gasteiger partial charge in [-0.2, -0.15) is 0 Å². The molecule has 2 fully saturated rings. The summed E-state index contributed by atoms with van der Waals surface area (Å²) in [5.74, 6) is -1.67. The summed E-state index contributed by atoms with van der Waals surface area (Å²) < 4.78 is 0. The lowest BCUT2D eigenvalue weighted by Crippen LogP contribution is -2.31. The summed E-state index contributed by atoms with van der Waals surface area (Å²) in [5.41, 5.74) is 1.56. The number of hydrogen-bond acceptors (Lipinski definition) is 4. The Morgan fingerprint density at radius 2 is 1.15 bits per heavy atom. The number of halogens is 2. The van der Waals surface area contributed by atoms with Crippen molar-refractivity contribution in [1.82, 2.24) is 9.80 Å². The second-order valence-electron chi connectivity index (χ2n) is 6.73. The lowest BCUT2D eigenvalue weighted by atomic mass is 10.1. The number of amides is 4. The van der Waals surface area contributed by atoms with Crippen LogP contribution < -0.4 is 0 Å². The van der Waals surface area contributed by atoms with Crippen LogP contribution in [0.3, 0.4) is 0 Å². The Morgan fingerprint density at radius 1 is 0.769 bits per heavy atom. The highest BCUT2D eigenvalue weighted by Crippen LogP contribution is 2.29. The Labute approximate surface area is 168 Å². The van der Waals surface area contributed by atoms with Crippen molar-refractivity contribution in [3.05, 3.63) is 35.4 Å². The summed E-state index contributed by atoms with van der Waals surface area (Å²) in [7, 11) is 0. The molecule has 2 saturated heterocycles. The van der Waals surface area contributed by atoms with Crippen molar-refractivity contribution in [1.29, 1.82) is 0 Å². The molecule has 6 nitrogen and oxygen atoms in total. The second kappa shape index (κ2) is 7.23. The van der Waals surface area contributed by atoms with Gasteiger partial charge in [0.05, 0.1) is 24.9 Å². The zero-order valence-electron chi connectivity index (χ0n) is 14.3. The highest BCUT2D eigenvalue weighted by atomic mass is 79.9. The van der Waals surface area contributed by atoms with E-state index in [0.717, 1.165) is 11.1 Å². The Balaban J connectivity index is 1.75. The van der Waals surface area contributed by atoms with Gasteiger partial charge in [0.1, 0.15) is 9.65 Å². The van der Waals surface area contributed by atoms with Crippen LogP contribution in [0.25, 0.3) is 0 Å². The molecule has 26 heavy (non-hydrogen) atoms. The van der Waals surface area contributed by atoms with Gasteiger partial charge in [0.15, 0.2) is 0 Å². The Hall–Kier alpha value is -1.54. The van der Waals surface area contributed by atoms with Crippen molar-refractivity contribution in [3.8, 4) is 0 Å². The van der Waals surface area contributed by atoms with Crippen LogP contribution >= 0.6 is 31.9 Å². The molecule has 1 aromatic carbocycles. The number of hydrogen-bond donors (Lipinski definition) is 0. The van der Waals surface area contributed by atoms with Crippen molar-refractivity contribution in [3.63, 3.8) is 0 Å². The maximum Gasteiger partial charge on any atom is 0.244 e. The average Bonchev–Trinajstić information content (AvgIpc) is 2.92. The van der Waals surface area contributed by atoms with E-state index in [1.54, 1.807) is 19.9 Å². The summed E-state index contributed by atoms with van der Waals surface area (Å²) in [6.45, 7) is 3.80. The highest BCUT2D eigenvalue weighted by molar-refractivity contribution is 9.10. The Kier molecular flexibility index (Phi) is 5.35. The lowest BCUT2D eigenvalue weighted by molar-refractivity contribution is -0.141. The number of rotatable bonds is 4. The van der Waals surface area contributed by atoms with E-state index in [0.29, 0.717) is 0 Å². The fraction of sp³-hybridized carbons (Fsp3) is 0.444. The fourth-order valence-corrected chi connectivity index (χ4v) is 4.13. The van der Waals surface area contributed by atoms with Gasteiger partial charge >= 0.3 is 0 Å². The lowest BCUT2D eigenvalue weighted by Gasteiger charge is -2.17. The molecule has 2 heterocycles. The van der Waals surface area contributed by atoms with E-state index in [1.165, 1.54) is 9.80 Å². The van der Waals surface area contributed by atoms with Crippen molar-refractivity contribution in [2.24, 2.45) is 11.8 Å². The number of carbonyl (C=O) groups excluding carboxylic acids is 4. The van der Waals surface area contributed by atoms with Gasteiger partial charge in [-0.15, -0.1) is 0 Å². The molecule has 0 radical (unpaired) electrons. The van der Waals surface area contributed by atoms with Gasteiger partial charge in [-0.3, -0.25) is 29.0 Å². The van der Waals surface area contributed by atoms with Crippen LogP contribution in [0, 0.1) is 11.8 Å². The quantitative estimate of drug-likeness (QED) is 0.484. The minimum Gasteiger partial charge on any atom is -0.277 e. The average molecular weight is 486 g/mol. The van der Waals surface area contributed by atoms with Crippen LogP contribution in [0.2, 0.25) is 0 Å². The molecule has 8 heteroatoms. The van der Waals surface area contributed by atoms with E-state index in [1.807, 2.05) is 18.2 Å². The minimum atomic E-state index is -0.490. The van der Waals surface area contributed by atoms with Crippen LogP contribution in [0.5, 0.6) is 0 Å². The van der Waals surface area contributed by atoms with Crippen LogP contribution in [0.15, 0.2) is 24.3 Å². The molecular weight excluding hydrogens is 468 g/mol. The van der Waals surface area contributed by atoms with Crippen molar-refractivity contribution >= 4 is 55.5 Å². The van der Waals surface area contributed by atoms with E-state index in [9.17, 15) is 19.2 Å². The second-order valence-corrected chi connectivity index (χ2v) is 8.70. The maximum absolute atomic E-state index is 12.2. The molecule has 138 valence electrons. The van der Waals surface area contributed by atoms with Crippen LogP contribution in [-0.2, 0) is 32.3 Å². The van der Waals surface area contributed by atoms with Gasteiger partial charge in [0.25, 0.3) is 0 Å². The molecule has 0 aromatic heterocycles. The molecule has 0 spiro atoms. The number of carbonyl (C=O) groups is 4. The minimum absolute atomic E-state index is 0.178. The highest BCUT2D eigenvalue weighted by Gasteiger charge is 2.44. The Bertz CT molecular complexity index is 696. The van der Waals surface area contributed by atoms with Gasteiger partial charge in [0.2, 0.25) is 23.6 Å². The number of alkyl halides is 2. The van der Waals surface area contributed by atoms with Crippen LogP contribution in [0.4, 0.5) is 0 Å². The topological polar surface area (TPSA) is 74.8 Å². The van der Waals surface area contributed by atoms with Gasteiger partial charge in [-0.25, -0.2) is 0 Å². The van der Waals surface area contributed by atoms with E-state index >= 15 is 0 Å². The third-order valence-corrected chi connectivity index (χ3v) is 7.24. The molecular formula is C18H18Br2N2O4. The normalized spacial score (nSPS) is 29.2. The molecule has 4 unspecified atom stereocenters. The molecule has 0 N–H and O–H groups in total. The number of benzene rings is 1. The van der Waals surface area contributed by atoms with Gasteiger partial charge in [0, 0.05) is 0 Å². The summed E-state index contributed by atoms with van der Waals surface area (Å²) in [5, 5.41) is 0. The molecule has 2 aliphatic rings. The molecule has 0 saturated carbocycles. The van der Waals surface area contributed by atoms with Gasteiger partial charge < -0.3 is 0 Å². The predicted octanol–water partition coefficient (Wildman–Crippen LogP) is 2.22. The third kappa shape index (κ3) is 3.24. The van der Waals surface area contributed by atoms with Gasteiger partial charge in [-0.1, -0.05) is 70.0 Å². The smallest absolute Gasteiger partial charge is 0.244 e. The van der Waals surface area contributed by atoms with Crippen molar-refractivity contribution in [2.75, 3.05) is 0 Å². The SMILES string of the molecule is CC1C(=O)N(Cc2cccc(CN3C(=O)C(C)C(Br)C3=O)c2)C(=O)C1Br. The molecule has 2 aliphatic heterocycles. The largest absolute Gasteiger partial charge is 0.277 e. The summed E-state index contributed by atoms with van der Waals surface area (Å²) in [4.78, 5) is 50.4. The van der Waals surface area contributed by atoms with Gasteiger partial charge in [-0.05, 0) is 11.1 Å². The molecule has 4 amide bonds.